The molecule has 0 atom stereocenters. The molecule has 0 aliphatic heterocycles. The fraction of sp³-hybridized carbons (Fsp3) is 0.250. The van der Waals surface area contributed by atoms with E-state index in [0.29, 0.717) is 23.4 Å². The van der Waals surface area contributed by atoms with Gasteiger partial charge in [0.15, 0.2) is 0 Å². The Morgan fingerprint density at radius 1 is 1.19 bits per heavy atom. The lowest BCUT2D eigenvalue weighted by Gasteiger charge is -2.07. The van der Waals surface area contributed by atoms with Crippen molar-refractivity contribution in [3.8, 4) is 0 Å². The second-order valence-corrected chi connectivity index (χ2v) is 6.16. The number of rotatable bonds is 4. The highest BCUT2D eigenvalue weighted by Gasteiger charge is 2.14. The first-order valence-corrected chi connectivity index (χ1v) is 8.55. The van der Waals surface area contributed by atoms with Gasteiger partial charge < -0.3 is 9.72 Å². The van der Waals surface area contributed by atoms with Crippen LogP contribution in [0.25, 0.3) is 10.9 Å². The molecule has 6 nitrogen and oxygen atoms in total. The van der Waals surface area contributed by atoms with Crippen LogP contribution < -0.4 is 5.49 Å². The lowest BCUT2D eigenvalue weighted by atomic mass is 10.1. The molecule has 3 rings (SSSR count). The zero-order valence-electron chi connectivity index (χ0n) is 15.0. The quantitative estimate of drug-likeness (QED) is 0.734. The van der Waals surface area contributed by atoms with E-state index in [2.05, 4.69) is 9.98 Å². The summed E-state index contributed by atoms with van der Waals surface area (Å²) in [6.45, 7) is 5.99. The molecule has 26 heavy (non-hydrogen) atoms. The Kier molecular flexibility index (Phi) is 5.02. The Labute approximate surface area is 151 Å². The van der Waals surface area contributed by atoms with Crippen molar-refractivity contribution in [1.29, 1.82) is 0 Å². The van der Waals surface area contributed by atoms with E-state index < -0.39 is 5.97 Å². The summed E-state index contributed by atoms with van der Waals surface area (Å²) >= 11 is 0. The zero-order valence-corrected chi connectivity index (χ0v) is 15.0. The minimum atomic E-state index is -0.410. The third-order valence-corrected chi connectivity index (χ3v) is 3.81. The van der Waals surface area contributed by atoms with Crippen molar-refractivity contribution in [2.24, 2.45) is 4.99 Å². The molecule has 2 aromatic heterocycles. The number of aromatic nitrogens is 2. The number of ether oxygens (including phenoxy) is 1. The van der Waals surface area contributed by atoms with Crippen molar-refractivity contribution in [2.45, 2.75) is 26.8 Å². The molecule has 3 aromatic rings. The van der Waals surface area contributed by atoms with Crippen LogP contribution in [0.2, 0.25) is 0 Å². The molecular weight excluding hydrogens is 330 g/mol. The van der Waals surface area contributed by atoms with Crippen LogP contribution in [0.5, 0.6) is 0 Å². The minimum Gasteiger partial charge on any atom is -0.461 e. The van der Waals surface area contributed by atoms with Crippen LogP contribution in [0, 0.1) is 0 Å². The highest BCUT2D eigenvalue weighted by molar-refractivity contribution is 6.01. The van der Waals surface area contributed by atoms with Gasteiger partial charge in [0.05, 0.1) is 6.61 Å². The van der Waals surface area contributed by atoms with Crippen molar-refractivity contribution in [3.05, 3.63) is 65.4 Å². The molecule has 0 radical (unpaired) electrons. The Morgan fingerprint density at radius 2 is 2.00 bits per heavy atom. The van der Waals surface area contributed by atoms with Gasteiger partial charge in [0.2, 0.25) is 0 Å². The average molecular weight is 351 g/mol. The van der Waals surface area contributed by atoms with Crippen molar-refractivity contribution in [1.82, 2.24) is 9.55 Å². The molecule has 134 valence electrons. The zero-order chi connectivity index (χ0) is 18.7. The lowest BCUT2D eigenvalue weighted by Crippen LogP contribution is -2.28. The van der Waals surface area contributed by atoms with Gasteiger partial charge in [-0.15, -0.1) is 0 Å². The van der Waals surface area contributed by atoms with Gasteiger partial charge >= 0.3 is 5.97 Å². The third-order valence-electron chi connectivity index (χ3n) is 3.81. The van der Waals surface area contributed by atoms with E-state index in [9.17, 15) is 9.59 Å². The molecule has 0 fully saturated rings. The van der Waals surface area contributed by atoms with Gasteiger partial charge in [0.1, 0.15) is 11.2 Å². The number of pyridine rings is 1. The summed E-state index contributed by atoms with van der Waals surface area (Å²) in [6.07, 6.45) is 1.70. The maximum absolute atomic E-state index is 12.9. The molecule has 0 unspecified atom stereocenters. The van der Waals surface area contributed by atoms with Crippen molar-refractivity contribution in [2.75, 3.05) is 6.61 Å². The SMILES string of the molecule is CCOC(=O)c1cc2cc(C(=O)n3ccccc3=NC(C)C)ccc2[nH]1. The first-order chi connectivity index (χ1) is 12.5. The van der Waals surface area contributed by atoms with Crippen LogP contribution in [0.15, 0.2) is 53.7 Å². The van der Waals surface area contributed by atoms with Gasteiger partial charge in [-0.3, -0.25) is 14.4 Å². The molecule has 0 spiro atoms. The molecule has 0 bridgehead atoms. The van der Waals surface area contributed by atoms with Crippen LogP contribution in [0.3, 0.4) is 0 Å². The normalized spacial score (nSPS) is 11.9. The van der Waals surface area contributed by atoms with E-state index >= 15 is 0 Å². The van der Waals surface area contributed by atoms with Gasteiger partial charge in [-0.25, -0.2) is 4.79 Å². The fourth-order valence-electron chi connectivity index (χ4n) is 2.70. The van der Waals surface area contributed by atoms with Gasteiger partial charge in [0, 0.05) is 28.7 Å². The predicted octanol–water partition coefficient (Wildman–Crippen LogP) is 3.14. The van der Waals surface area contributed by atoms with Crippen LogP contribution in [0.1, 0.15) is 41.6 Å². The Bertz CT molecular complexity index is 1030. The number of carbonyl (C=O) groups excluding carboxylic acids is 2. The second-order valence-electron chi connectivity index (χ2n) is 6.16. The first-order valence-electron chi connectivity index (χ1n) is 8.55. The molecule has 1 aromatic carbocycles. The van der Waals surface area contributed by atoms with Crippen LogP contribution in [0.4, 0.5) is 0 Å². The smallest absolute Gasteiger partial charge is 0.354 e. The molecular formula is C20H21N3O3. The molecule has 0 amide bonds. The number of H-pyrrole nitrogens is 1. The van der Waals surface area contributed by atoms with Crippen LogP contribution in [-0.4, -0.2) is 34.1 Å². The lowest BCUT2D eigenvalue weighted by molar-refractivity contribution is 0.0520. The van der Waals surface area contributed by atoms with E-state index in [1.807, 2.05) is 26.0 Å². The summed E-state index contributed by atoms with van der Waals surface area (Å²) in [7, 11) is 0. The number of nitrogens with one attached hydrogen (secondary N) is 1. The van der Waals surface area contributed by atoms with Crippen LogP contribution in [-0.2, 0) is 4.74 Å². The molecule has 0 aliphatic rings. The molecule has 0 aliphatic carbocycles. The number of carbonyl (C=O) groups is 2. The number of aromatic amines is 1. The van der Waals surface area contributed by atoms with Crippen LogP contribution >= 0.6 is 0 Å². The standard InChI is InChI=1S/C20H21N3O3/c1-4-26-20(25)17-12-15-11-14(8-9-16(15)22-17)19(24)23-10-6-5-7-18(23)21-13(2)3/h5-13,22H,4H2,1-3H3. The molecule has 0 saturated carbocycles. The highest BCUT2D eigenvalue weighted by Crippen LogP contribution is 2.18. The van der Waals surface area contributed by atoms with Crippen molar-refractivity contribution in [3.63, 3.8) is 0 Å². The van der Waals surface area contributed by atoms with Gasteiger partial charge in [-0.05, 0) is 57.2 Å². The number of hydrogen-bond donors (Lipinski definition) is 1. The number of nitrogens with zero attached hydrogens (tertiary/aromatic N) is 2. The van der Waals surface area contributed by atoms with E-state index in [4.69, 9.17) is 4.74 Å². The van der Waals surface area contributed by atoms with E-state index in [1.165, 1.54) is 4.57 Å². The third kappa shape index (κ3) is 3.59. The summed E-state index contributed by atoms with van der Waals surface area (Å²) in [4.78, 5) is 32.3. The van der Waals surface area contributed by atoms with Gasteiger partial charge in [-0.1, -0.05) is 6.07 Å². The number of hydrogen-bond acceptors (Lipinski definition) is 4. The summed E-state index contributed by atoms with van der Waals surface area (Å²) in [6, 6.07) is 12.5. The molecule has 1 N–H and O–H groups in total. The average Bonchev–Trinajstić information content (AvgIpc) is 3.04. The summed E-state index contributed by atoms with van der Waals surface area (Å²) in [5.74, 6) is -0.585. The maximum Gasteiger partial charge on any atom is 0.354 e. The Morgan fingerprint density at radius 3 is 2.73 bits per heavy atom. The number of esters is 1. The first kappa shape index (κ1) is 17.7. The highest BCUT2D eigenvalue weighted by atomic mass is 16.5. The Balaban J connectivity index is 2.01. The number of benzene rings is 1. The molecule has 2 heterocycles. The van der Waals surface area contributed by atoms with E-state index in [-0.39, 0.29) is 11.9 Å². The predicted molar refractivity (Wildman–Crippen MR) is 99.1 cm³/mol. The fourth-order valence-corrected chi connectivity index (χ4v) is 2.70. The van der Waals surface area contributed by atoms with E-state index in [1.54, 1.807) is 43.5 Å². The number of fused-ring (bicyclic) bond motifs is 1. The molecule has 6 heteroatoms. The topological polar surface area (TPSA) is 76.5 Å². The van der Waals surface area contributed by atoms with Crippen molar-refractivity contribution < 1.29 is 14.3 Å². The van der Waals surface area contributed by atoms with Crippen molar-refractivity contribution >= 4 is 22.8 Å². The summed E-state index contributed by atoms with van der Waals surface area (Å²) < 4.78 is 6.53. The summed E-state index contributed by atoms with van der Waals surface area (Å²) in [5, 5.41) is 0.776. The largest absolute Gasteiger partial charge is 0.461 e. The van der Waals surface area contributed by atoms with Gasteiger partial charge in [0.25, 0.3) is 5.91 Å². The second kappa shape index (κ2) is 7.39. The van der Waals surface area contributed by atoms with Gasteiger partial charge in [-0.2, -0.15) is 0 Å². The minimum absolute atomic E-state index is 0.0794. The Hall–Kier alpha value is -3.15. The maximum atomic E-state index is 12.9. The molecule has 0 saturated heterocycles. The monoisotopic (exact) mass is 351 g/mol. The van der Waals surface area contributed by atoms with E-state index in [0.717, 1.165) is 10.9 Å². The summed E-state index contributed by atoms with van der Waals surface area (Å²) in [5.41, 5.74) is 2.27.